The van der Waals surface area contributed by atoms with Crippen LogP contribution in [0.15, 0.2) is 33.9 Å². The minimum atomic E-state index is -3.56. The number of nitrogens with zero attached hydrogens (tertiary/aromatic N) is 5. The summed E-state index contributed by atoms with van der Waals surface area (Å²) in [7, 11) is -3.56. The van der Waals surface area contributed by atoms with E-state index in [1.54, 1.807) is 13.8 Å². The molecule has 37 heavy (non-hydrogen) atoms. The molecule has 1 aliphatic rings. The molecule has 1 aliphatic heterocycles. The van der Waals surface area contributed by atoms with Crippen molar-refractivity contribution in [3.8, 4) is 11.8 Å². The van der Waals surface area contributed by atoms with Crippen molar-refractivity contribution in [2.24, 2.45) is 5.73 Å². The first-order chi connectivity index (χ1) is 17.5. The van der Waals surface area contributed by atoms with Crippen LogP contribution in [0.3, 0.4) is 0 Å². The fourth-order valence-corrected chi connectivity index (χ4v) is 4.43. The number of esters is 1. The molecule has 0 saturated carbocycles. The third-order valence-corrected chi connectivity index (χ3v) is 7.00. The first-order valence-electron chi connectivity index (χ1n) is 11.5. The summed E-state index contributed by atoms with van der Waals surface area (Å²) < 4.78 is 54.2. The number of aromatic nitrogens is 4. The summed E-state index contributed by atoms with van der Waals surface area (Å²) in [5.41, 5.74) is 6.44. The lowest BCUT2D eigenvalue weighted by Crippen LogP contribution is -2.38. The van der Waals surface area contributed by atoms with Crippen LogP contribution in [0, 0.1) is 19.7 Å². The molecule has 1 saturated heterocycles. The number of rotatable bonds is 8. The number of piperidine rings is 1. The van der Waals surface area contributed by atoms with Crippen LogP contribution in [0.4, 0.5) is 10.4 Å². The third kappa shape index (κ3) is 6.38. The van der Waals surface area contributed by atoms with Crippen molar-refractivity contribution in [2.75, 3.05) is 24.2 Å². The molecule has 2 N–H and O–H groups in total. The van der Waals surface area contributed by atoms with E-state index in [9.17, 15) is 17.6 Å². The van der Waals surface area contributed by atoms with Gasteiger partial charge in [-0.1, -0.05) is 11.2 Å². The van der Waals surface area contributed by atoms with E-state index in [1.807, 2.05) is 4.90 Å². The number of benzene rings is 1. The number of carbonyl (C=O) groups is 1. The van der Waals surface area contributed by atoms with Crippen molar-refractivity contribution in [1.82, 2.24) is 20.1 Å². The summed E-state index contributed by atoms with van der Waals surface area (Å²) in [4.78, 5) is 26.8. The van der Waals surface area contributed by atoms with Crippen molar-refractivity contribution in [3.05, 3.63) is 47.3 Å². The monoisotopic (exact) mass is 534 g/mol. The van der Waals surface area contributed by atoms with E-state index < -0.39 is 27.7 Å². The number of halogens is 1. The molecule has 4 rings (SSSR count). The third-order valence-electron chi connectivity index (χ3n) is 5.89. The second kappa shape index (κ2) is 10.8. The normalized spacial score (nSPS) is 15.4. The molecule has 0 aliphatic carbocycles. The molecule has 12 nitrogen and oxygen atoms in total. The Labute approximate surface area is 212 Å². The molecule has 14 heteroatoms. The van der Waals surface area contributed by atoms with Gasteiger partial charge in [-0.15, -0.1) is 0 Å². The molecule has 1 aromatic carbocycles. The van der Waals surface area contributed by atoms with Gasteiger partial charge in [0.05, 0.1) is 10.5 Å². The summed E-state index contributed by atoms with van der Waals surface area (Å²) in [6.45, 7) is 4.74. The molecule has 198 valence electrons. The Balaban J connectivity index is 1.35. The van der Waals surface area contributed by atoms with Gasteiger partial charge in [-0.25, -0.2) is 27.6 Å². The molecule has 3 aromatic rings. The Morgan fingerprint density at radius 3 is 2.57 bits per heavy atom. The first-order valence-corrected chi connectivity index (χ1v) is 13.4. The van der Waals surface area contributed by atoms with Gasteiger partial charge in [-0.3, -0.25) is 0 Å². The van der Waals surface area contributed by atoms with Crippen LogP contribution in [0.1, 0.15) is 29.8 Å². The Bertz CT molecular complexity index is 1390. The van der Waals surface area contributed by atoms with Crippen molar-refractivity contribution in [3.63, 3.8) is 0 Å². The minimum absolute atomic E-state index is 0.0166. The van der Waals surface area contributed by atoms with Crippen LogP contribution < -0.4 is 20.1 Å². The SMILES string of the molecule is Cc1noc(N2CCC(Oc3ncnc(OC(=O)[C@@H](N)Cc4ccc(S(C)(=O)=O)cc4F)c3C)CC2)n1. The minimum Gasteiger partial charge on any atom is -0.474 e. The lowest BCUT2D eigenvalue weighted by atomic mass is 10.1. The molecule has 0 unspecified atom stereocenters. The quantitative estimate of drug-likeness (QED) is 0.415. The highest BCUT2D eigenvalue weighted by atomic mass is 32.2. The summed E-state index contributed by atoms with van der Waals surface area (Å²) in [5, 5.41) is 3.81. The average molecular weight is 535 g/mol. The van der Waals surface area contributed by atoms with E-state index in [0.717, 1.165) is 12.3 Å². The maximum atomic E-state index is 14.4. The Kier molecular flexibility index (Phi) is 7.68. The van der Waals surface area contributed by atoms with E-state index in [1.165, 1.54) is 18.5 Å². The van der Waals surface area contributed by atoms with E-state index >= 15 is 0 Å². The summed E-state index contributed by atoms with van der Waals surface area (Å²) in [5.74, 6) is -0.775. The number of aryl methyl sites for hydroxylation is 1. The van der Waals surface area contributed by atoms with Gasteiger partial charge in [0.15, 0.2) is 15.7 Å². The number of nitrogens with two attached hydrogens (primary N) is 1. The van der Waals surface area contributed by atoms with Gasteiger partial charge < -0.3 is 24.6 Å². The van der Waals surface area contributed by atoms with Crippen molar-refractivity contribution in [1.29, 1.82) is 0 Å². The van der Waals surface area contributed by atoms with Gasteiger partial charge in [0.25, 0.3) is 0 Å². The number of carbonyl (C=O) groups excluding carboxylic acids is 1. The van der Waals surface area contributed by atoms with Gasteiger partial charge in [0.1, 0.15) is 24.3 Å². The van der Waals surface area contributed by atoms with Crippen LogP contribution in [-0.2, 0) is 21.1 Å². The standard InChI is InChI=1S/C23H27FN6O6S/c1-13-20(34-16-6-8-30(9-7-16)23-28-14(2)29-36-23)26-12-27-21(13)35-22(31)19(25)10-15-4-5-17(11-18(15)24)37(3,32)33/h4-5,11-12,16,19H,6-10,25H2,1-3H3/t19-/m0/s1. The fourth-order valence-electron chi connectivity index (χ4n) is 3.79. The van der Waals surface area contributed by atoms with Crippen LogP contribution in [0.25, 0.3) is 0 Å². The average Bonchev–Trinajstić information content (AvgIpc) is 3.28. The van der Waals surface area contributed by atoms with E-state index in [4.69, 9.17) is 19.7 Å². The van der Waals surface area contributed by atoms with Crippen LogP contribution in [0.2, 0.25) is 0 Å². The Morgan fingerprint density at radius 2 is 1.95 bits per heavy atom. The molecule has 0 amide bonds. The van der Waals surface area contributed by atoms with Gasteiger partial charge in [0.2, 0.25) is 11.8 Å². The van der Waals surface area contributed by atoms with Crippen LogP contribution in [0.5, 0.6) is 11.8 Å². The number of sulfone groups is 1. The maximum Gasteiger partial charge on any atom is 0.329 e. The van der Waals surface area contributed by atoms with Crippen molar-refractivity contribution in [2.45, 2.75) is 50.2 Å². The molecular weight excluding hydrogens is 507 g/mol. The zero-order chi connectivity index (χ0) is 26.7. The molecule has 2 aromatic heterocycles. The predicted molar refractivity (Wildman–Crippen MR) is 128 cm³/mol. The van der Waals surface area contributed by atoms with E-state index in [2.05, 4.69) is 20.1 Å². The first kappa shape index (κ1) is 26.4. The fraction of sp³-hybridized carbons (Fsp3) is 0.435. The highest BCUT2D eigenvalue weighted by Gasteiger charge is 2.26. The lowest BCUT2D eigenvalue weighted by Gasteiger charge is -2.30. The molecular formula is C23H27FN6O6S. The lowest BCUT2D eigenvalue weighted by molar-refractivity contribution is -0.136. The van der Waals surface area contributed by atoms with Gasteiger partial charge in [-0.2, -0.15) is 4.98 Å². The maximum absolute atomic E-state index is 14.4. The molecule has 0 bridgehead atoms. The molecule has 3 heterocycles. The molecule has 1 fully saturated rings. The van der Waals surface area contributed by atoms with Gasteiger partial charge >= 0.3 is 12.0 Å². The predicted octanol–water partition coefficient (Wildman–Crippen LogP) is 1.54. The zero-order valence-electron chi connectivity index (χ0n) is 20.5. The molecule has 0 radical (unpaired) electrons. The van der Waals surface area contributed by atoms with Crippen LogP contribution >= 0.6 is 0 Å². The summed E-state index contributed by atoms with van der Waals surface area (Å²) in [6.07, 6.45) is 3.25. The smallest absolute Gasteiger partial charge is 0.329 e. The number of hydrogen-bond acceptors (Lipinski definition) is 12. The second-order valence-corrected chi connectivity index (χ2v) is 10.8. The highest BCUT2D eigenvalue weighted by molar-refractivity contribution is 7.90. The Hall–Kier alpha value is -3.65. The van der Waals surface area contributed by atoms with Gasteiger partial charge in [-0.05, 0) is 31.5 Å². The highest BCUT2D eigenvalue weighted by Crippen LogP contribution is 2.27. The number of ether oxygens (including phenoxy) is 2. The Morgan fingerprint density at radius 1 is 1.24 bits per heavy atom. The van der Waals surface area contributed by atoms with E-state index in [-0.39, 0.29) is 34.7 Å². The van der Waals surface area contributed by atoms with E-state index in [0.29, 0.717) is 43.3 Å². The summed E-state index contributed by atoms with van der Waals surface area (Å²) >= 11 is 0. The van der Waals surface area contributed by atoms with Gasteiger partial charge in [0, 0.05) is 38.6 Å². The van der Waals surface area contributed by atoms with Crippen LogP contribution in [-0.4, -0.2) is 66.0 Å². The zero-order valence-corrected chi connectivity index (χ0v) is 21.4. The second-order valence-electron chi connectivity index (χ2n) is 8.79. The van der Waals surface area contributed by atoms with Crippen molar-refractivity contribution < 1.29 is 31.6 Å². The summed E-state index contributed by atoms with van der Waals surface area (Å²) in [6, 6.07) is 2.71. The molecule has 1 atom stereocenters. The largest absolute Gasteiger partial charge is 0.474 e. The number of hydrogen-bond donors (Lipinski definition) is 1. The number of anilines is 1. The topological polar surface area (TPSA) is 164 Å². The van der Waals surface area contributed by atoms with Crippen molar-refractivity contribution >= 4 is 21.8 Å². The molecule has 0 spiro atoms.